The molecule has 0 amide bonds. The summed E-state index contributed by atoms with van der Waals surface area (Å²) in [6, 6.07) is 0.639. The zero-order valence-corrected chi connectivity index (χ0v) is 11.3. The highest BCUT2D eigenvalue weighted by molar-refractivity contribution is 9.09. The number of hydrogen-bond acceptors (Lipinski definition) is 3. The van der Waals surface area contributed by atoms with Crippen LogP contribution >= 0.6 is 15.9 Å². The van der Waals surface area contributed by atoms with E-state index in [4.69, 9.17) is 0 Å². The van der Waals surface area contributed by atoms with Crippen LogP contribution in [0.2, 0.25) is 0 Å². The summed E-state index contributed by atoms with van der Waals surface area (Å²) in [5.74, 6) is 0.886. The van der Waals surface area contributed by atoms with Gasteiger partial charge in [0.1, 0.15) is 0 Å². The maximum Gasteiger partial charge on any atom is 0.225 e. The van der Waals surface area contributed by atoms with E-state index in [2.05, 4.69) is 30.8 Å². The van der Waals surface area contributed by atoms with Crippen LogP contribution in [0.1, 0.15) is 31.2 Å². The predicted octanol–water partition coefficient (Wildman–Crippen LogP) is 2.93. The van der Waals surface area contributed by atoms with Gasteiger partial charge in [-0.15, -0.1) is 0 Å². The van der Waals surface area contributed by atoms with Crippen LogP contribution in [-0.4, -0.2) is 27.9 Å². The molecule has 0 atom stereocenters. The van der Waals surface area contributed by atoms with Gasteiger partial charge in [0.25, 0.3) is 0 Å². The molecule has 4 heteroatoms. The summed E-state index contributed by atoms with van der Waals surface area (Å²) < 4.78 is 0. The Balaban J connectivity index is 2.14. The number of aryl methyl sites for hydroxylation is 1. The number of halogens is 1. The van der Waals surface area contributed by atoms with E-state index in [-0.39, 0.29) is 0 Å². The molecule has 16 heavy (non-hydrogen) atoms. The van der Waals surface area contributed by atoms with E-state index in [1.807, 2.05) is 19.3 Å². The molecule has 1 aromatic heterocycles. The zero-order chi connectivity index (χ0) is 11.4. The van der Waals surface area contributed by atoms with Crippen molar-refractivity contribution >= 4 is 21.9 Å². The van der Waals surface area contributed by atoms with Crippen molar-refractivity contribution < 1.29 is 0 Å². The van der Waals surface area contributed by atoms with Gasteiger partial charge in [0.2, 0.25) is 5.95 Å². The van der Waals surface area contributed by atoms with Crippen LogP contribution in [0.4, 0.5) is 5.95 Å². The normalized spacial score (nSPS) is 16.6. The predicted molar refractivity (Wildman–Crippen MR) is 70.2 cm³/mol. The number of rotatable bonds is 4. The highest BCUT2D eigenvalue weighted by Gasteiger charge is 2.23. The van der Waals surface area contributed by atoms with Crippen LogP contribution < -0.4 is 4.90 Å². The molecule has 1 aromatic rings. The van der Waals surface area contributed by atoms with Crippen LogP contribution in [0, 0.1) is 6.92 Å². The number of hydrogen-bond donors (Lipinski definition) is 0. The lowest BCUT2D eigenvalue weighted by Crippen LogP contribution is -2.36. The average Bonchev–Trinajstić information content (AvgIpc) is 2.81. The average molecular weight is 284 g/mol. The Labute approximate surface area is 105 Å². The van der Waals surface area contributed by atoms with Crippen LogP contribution in [-0.2, 0) is 0 Å². The Bertz CT molecular complexity index is 320. The van der Waals surface area contributed by atoms with Crippen molar-refractivity contribution in [3.05, 3.63) is 18.0 Å². The first-order chi connectivity index (χ1) is 7.81. The van der Waals surface area contributed by atoms with Crippen molar-refractivity contribution in [2.24, 2.45) is 0 Å². The summed E-state index contributed by atoms with van der Waals surface area (Å²) in [5, 5.41) is 0.973. The fourth-order valence-electron chi connectivity index (χ4n) is 2.29. The molecule has 0 aromatic carbocycles. The number of alkyl halides is 1. The zero-order valence-electron chi connectivity index (χ0n) is 9.69. The van der Waals surface area contributed by atoms with Gasteiger partial charge in [0.15, 0.2) is 0 Å². The van der Waals surface area contributed by atoms with Gasteiger partial charge in [0.05, 0.1) is 0 Å². The summed E-state index contributed by atoms with van der Waals surface area (Å²) in [4.78, 5) is 11.2. The lowest BCUT2D eigenvalue weighted by molar-refractivity contribution is 0.607. The van der Waals surface area contributed by atoms with Gasteiger partial charge in [-0.1, -0.05) is 28.8 Å². The highest BCUT2D eigenvalue weighted by Crippen LogP contribution is 2.26. The second-order valence-electron chi connectivity index (χ2n) is 4.38. The van der Waals surface area contributed by atoms with Crippen molar-refractivity contribution in [3.8, 4) is 0 Å². The molecule has 1 fully saturated rings. The van der Waals surface area contributed by atoms with Crippen LogP contribution in [0.15, 0.2) is 12.4 Å². The molecule has 1 aliphatic rings. The van der Waals surface area contributed by atoms with E-state index >= 15 is 0 Å². The second-order valence-corrected chi connectivity index (χ2v) is 5.17. The van der Waals surface area contributed by atoms with Gasteiger partial charge in [0, 0.05) is 30.3 Å². The van der Waals surface area contributed by atoms with Crippen molar-refractivity contribution in [1.29, 1.82) is 0 Å². The van der Waals surface area contributed by atoms with Gasteiger partial charge in [-0.05, 0) is 25.3 Å². The topological polar surface area (TPSA) is 29.0 Å². The lowest BCUT2D eigenvalue weighted by Gasteiger charge is -2.28. The van der Waals surface area contributed by atoms with Gasteiger partial charge in [-0.25, -0.2) is 9.97 Å². The van der Waals surface area contributed by atoms with E-state index in [0.717, 1.165) is 23.4 Å². The molecule has 3 nitrogen and oxygen atoms in total. The first-order valence-electron chi connectivity index (χ1n) is 5.92. The Kier molecular flexibility index (Phi) is 4.16. The molecule has 0 unspecified atom stereocenters. The van der Waals surface area contributed by atoms with Crippen molar-refractivity contribution in [1.82, 2.24) is 9.97 Å². The van der Waals surface area contributed by atoms with Crippen molar-refractivity contribution in [3.63, 3.8) is 0 Å². The minimum Gasteiger partial charge on any atom is -0.337 e. The maximum atomic E-state index is 4.44. The lowest BCUT2D eigenvalue weighted by atomic mass is 10.2. The minimum atomic E-state index is 0.639. The Morgan fingerprint density at radius 2 is 1.94 bits per heavy atom. The molecule has 1 heterocycles. The van der Waals surface area contributed by atoms with Crippen molar-refractivity contribution in [2.45, 2.75) is 38.6 Å². The monoisotopic (exact) mass is 283 g/mol. The highest BCUT2D eigenvalue weighted by atomic mass is 79.9. The summed E-state index contributed by atoms with van der Waals surface area (Å²) in [5.41, 5.74) is 1.12. The van der Waals surface area contributed by atoms with Crippen molar-refractivity contribution in [2.75, 3.05) is 16.8 Å². The molecule has 0 saturated heterocycles. The first-order valence-corrected chi connectivity index (χ1v) is 7.04. The molecular formula is C12H18BrN3. The fraction of sp³-hybridized carbons (Fsp3) is 0.667. The fourth-order valence-corrected chi connectivity index (χ4v) is 2.67. The maximum absolute atomic E-state index is 4.44. The summed E-state index contributed by atoms with van der Waals surface area (Å²) in [6.07, 6.45) is 9.05. The molecule has 0 spiro atoms. The van der Waals surface area contributed by atoms with E-state index in [0.29, 0.717) is 6.04 Å². The summed E-state index contributed by atoms with van der Waals surface area (Å²) in [7, 11) is 0. The largest absolute Gasteiger partial charge is 0.337 e. The first kappa shape index (κ1) is 11.8. The molecule has 1 saturated carbocycles. The summed E-state index contributed by atoms with van der Waals surface area (Å²) in [6.45, 7) is 3.02. The summed E-state index contributed by atoms with van der Waals surface area (Å²) >= 11 is 3.51. The van der Waals surface area contributed by atoms with Gasteiger partial charge in [-0.3, -0.25) is 0 Å². The molecule has 0 N–H and O–H groups in total. The Morgan fingerprint density at radius 1 is 1.31 bits per heavy atom. The molecule has 2 rings (SSSR count). The van der Waals surface area contributed by atoms with E-state index in [1.165, 1.54) is 25.7 Å². The third-order valence-corrected chi connectivity index (χ3v) is 3.47. The second kappa shape index (κ2) is 5.62. The Morgan fingerprint density at radius 3 is 2.50 bits per heavy atom. The number of anilines is 1. The molecule has 0 bridgehead atoms. The molecule has 0 radical (unpaired) electrons. The van der Waals surface area contributed by atoms with Crippen LogP contribution in [0.25, 0.3) is 0 Å². The van der Waals surface area contributed by atoms with E-state index in [1.54, 1.807) is 0 Å². The number of aromatic nitrogens is 2. The quantitative estimate of drug-likeness (QED) is 0.796. The van der Waals surface area contributed by atoms with E-state index < -0.39 is 0 Å². The smallest absolute Gasteiger partial charge is 0.225 e. The van der Waals surface area contributed by atoms with Gasteiger partial charge < -0.3 is 4.90 Å². The standard InChI is InChI=1S/C12H18BrN3/c1-10-8-14-12(15-9-10)16(7-6-13)11-4-2-3-5-11/h8-9,11H,2-7H2,1H3. The third-order valence-electron chi connectivity index (χ3n) is 3.12. The van der Waals surface area contributed by atoms with E-state index in [9.17, 15) is 0 Å². The number of nitrogens with zero attached hydrogens (tertiary/aromatic N) is 3. The third kappa shape index (κ3) is 2.73. The minimum absolute atomic E-state index is 0.639. The molecule has 0 aliphatic heterocycles. The van der Waals surface area contributed by atoms with Gasteiger partial charge in [-0.2, -0.15) is 0 Å². The van der Waals surface area contributed by atoms with Crippen LogP contribution in [0.5, 0.6) is 0 Å². The SMILES string of the molecule is Cc1cnc(N(CCBr)C2CCCC2)nc1. The molecular weight excluding hydrogens is 266 g/mol. The van der Waals surface area contributed by atoms with Crippen LogP contribution in [0.3, 0.4) is 0 Å². The Hall–Kier alpha value is -0.640. The molecule has 1 aliphatic carbocycles. The molecule has 88 valence electrons. The van der Waals surface area contributed by atoms with Gasteiger partial charge >= 0.3 is 0 Å².